The number of carbonyl (C=O) groups is 2. The van der Waals surface area contributed by atoms with Gasteiger partial charge in [0, 0.05) is 16.6 Å². The van der Waals surface area contributed by atoms with Crippen LogP contribution in [-0.2, 0) is 20.9 Å². The number of hydrogen-bond acceptors (Lipinski definition) is 6. The second kappa shape index (κ2) is 10.9. The van der Waals surface area contributed by atoms with Crippen LogP contribution in [0.25, 0.3) is 10.8 Å². The molecule has 3 atom stereocenters. The summed E-state index contributed by atoms with van der Waals surface area (Å²) in [5.74, 6) is 0.551. The first kappa shape index (κ1) is 26.5. The van der Waals surface area contributed by atoms with Gasteiger partial charge in [-0.1, -0.05) is 47.1 Å². The highest BCUT2D eigenvalue weighted by Crippen LogP contribution is 2.42. The van der Waals surface area contributed by atoms with E-state index in [4.69, 9.17) is 19.9 Å². The summed E-state index contributed by atoms with van der Waals surface area (Å²) in [6.45, 7) is 2.80. The Bertz CT molecular complexity index is 1360. The maximum Gasteiger partial charge on any atom is 0.254 e. The normalized spacial score (nSPS) is 21.9. The van der Waals surface area contributed by atoms with Crippen LogP contribution < -0.4 is 25.4 Å². The van der Waals surface area contributed by atoms with Crippen LogP contribution in [0.15, 0.2) is 59.1 Å². The lowest BCUT2D eigenvalue weighted by molar-refractivity contribution is -0.140. The standard InChI is InChI=1S/C29H32BrN3O5/c1-3-22(31)27(34)32-26-28(35)33(16-21-20-11-10-19(30)15-18(20)9-12-24(21)36-2)23-7-4-5-8-25(23)38-29(26)13-6-14-37-17-29/h4-5,7-12,15,22,26H,3,6,13-14,16-17,31H2,1-2H3,(H,32,34)/t22-,26?,29?/m0/s1. The number of halogens is 1. The van der Waals surface area contributed by atoms with Crippen LogP contribution in [0.2, 0.25) is 0 Å². The van der Waals surface area contributed by atoms with Gasteiger partial charge in [-0.3, -0.25) is 9.59 Å². The van der Waals surface area contributed by atoms with Crippen LogP contribution in [0.5, 0.6) is 11.5 Å². The van der Waals surface area contributed by atoms with Gasteiger partial charge >= 0.3 is 0 Å². The van der Waals surface area contributed by atoms with Crippen molar-refractivity contribution in [2.45, 2.75) is 50.4 Å². The fourth-order valence-corrected chi connectivity index (χ4v) is 5.67. The zero-order valence-corrected chi connectivity index (χ0v) is 23.1. The number of para-hydroxylation sites is 2. The van der Waals surface area contributed by atoms with E-state index in [9.17, 15) is 9.59 Å². The minimum Gasteiger partial charge on any atom is -0.496 e. The monoisotopic (exact) mass is 581 g/mol. The molecular weight excluding hydrogens is 550 g/mol. The number of nitrogens with two attached hydrogens (primary N) is 1. The van der Waals surface area contributed by atoms with Crippen molar-refractivity contribution in [3.63, 3.8) is 0 Å². The van der Waals surface area contributed by atoms with Gasteiger partial charge < -0.3 is 30.2 Å². The molecule has 2 aliphatic heterocycles. The highest BCUT2D eigenvalue weighted by Gasteiger charge is 2.52. The van der Waals surface area contributed by atoms with E-state index < -0.39 is 23.6 Å². The fourth-order valence-electron chi connectivity index (χ4n) is 5.29. The minimum atomic E-state index is -1.06. The lowest BCUT2D eigenvalue weighted by Crippen LogP contribution is -2.66. The summed E-state index contributed by atoms with van der Waals surface area (Å²) in [5.41, 5.74) is 6.48. The van der Waals surface area contributed by atoms with Crippen molar-refractivity contribution in [1.29, 1.82) is 0 Å². The first-order valence-electron chi connectivity index (χ1n) is 12.8. The molecule has 2 heterocycles. The third-order valence-corrected chi connectivity index (χ3v) is 7.89. The molecule has 1 saturated heterocycles. The van der Waals surface area contributed by atoms with Gasteiger partial charge in [-0.25, -0.2) is 0 Å². The third kappa shape index (κ3) is 4.86. The van der Waals surface area contributed by atoms with Gasteiger partial charge in [-0.15, -0.1) is 0 Å². The number of amides is 2. The van der Waals surface area contributed by atoms with E-state index in [1.165, 1.54) is 0 Å². The number of benzene rings is 3. The number of nitrogens with one attached hydrogen (secondary N) is 1. The van der Waals surface area contributed by atoms with Crippen LogP contribution >= 0.6 is 15.9 Å². The molecule has 1 fully saturated rings. The highest BCUT2D eigenvalue weighted by molar-refractivity contribution is 9.10. The number of carbonyl (C=O) groups excluding carboxylic acids is 2. The number of nitrogens with zero attached hydrogens (tertiary/aromatic N) is 1. The van der Waals surface area contributed by atoms with E-state index in [-0.39, 0.29) is 19.1 Å². The molecule has 0 aliphatic carbocycles. The zero-order chi connectivity index (χ0) is 26.9. The Morgan fingerprint density at radius 1 is 1.26 bits per heavy atom. The van der Waals surface area contributed by atoms with E-state index >= 15 is 0 Å². The number of anilines is 1. The molecule has 3 N–H and O–H groups in total. The summed E-state index contributed by atoms with van der Waals surface area (Å²) < 4.78 is 19.2. The summed E-state index contributed by atoms with van der Waals surface area (Å²) in [6, 6.07) is 15.6. The van der Waals surface area contributed by atoms with Crippen LogP contribution in [0.3, 0.4) is 0 Å². The van der Waals surface area contributed by atoms with Crippen molar-refractivity contribution in [1.82, 2.24) is 5.32 Å². The van der Waals surface area contributed by atoms with Crippen LogP contribution in [0, 0.1) is 0 Å². The second-order valence-electron chi connectivity index (χ2n) is 9.78. The topological polar surface area (TPSA) is 103 Å². The van der Waals surface area contributed by atoms with Gasteiger partial charge in [0.2, 0.25) is 5.91 Å². The highest BCUT2D eigenvalue weighted by atomic mass is 79.9. The first-order valence-corrected chi connectivity index (χ1v) is 13.6. The number of methoxy groups -OCH3 is 1. The van der Waals surface area contributed by atoms with Gasteiger partial charge in [0.1, 0.15) is 11.5 Å². The Labute approximate surface area is 230 Å². The van der Waals surface area contributed by atoms with Gasteiger partial charge in [0.15, 0.2) is 11.6 Å². The van der Waals surface area contributed by atoms with Gasteiger partial charge in [0.25, 0.3) is 5.91 Å². The quantitative estimate of drug-likeness (QED) is 0.449. The predicted octanol–water partition coefficient (Wildman–Crippen LogP) is 4.31. The molecule has 9 heteroatoms. The maximum absolute atomic E-state index is 14.5. The number of rotatable bonds is 6. The van der Waals surface area contributed by atoms with Crippen molar-refractivity contribution in [3.8, 4) is 11.5 Å². The third-order valence-electron chi connectivity index (χ3n) is 7.39. The molecule has 0 radical (unpaired) electrons. The molecule has 2 aliphatic rings. The van der Waals surface area contributed by atoms with Gasteiger partial charge in [0.05, 0.1) is 32.0 Å². The lowest BCUT2D eigenvalue weighted by Gasteiger charge is -2.41. The Balaban J connectivity index is 1.64. The number of fused-ring (bicyclic) bond motifs is 2. The summed E-state index contributed by atoms with van der Waals surface area (Å²) in [7, 11) is 1.62. The second-order valence-corrected chi connectivity index (χ2v) is 10.7. The van der Waals surface area contributed by atoms with Gasteiger partial charge in [-0.05, 0) is 60.4 Å². The Morgan fingerprint density at radius 2 is 2.08 bits per heavy atom. The van der Waals surface area contributed by atoms with Crippen LogP contribution in [0.1, 0.15) is 31.7 Å². The molecule has 3 aromatic carbocycles. The van der Waals surface area contributed by atoms with Gasteiger partial charge in [-0.2, -0.15) is 0 Å². The SMILES string of the molecule is CC[C@H](N)C(=O)NC1C(=O)N(Cc2c(OC)ccc3cc(Br)ccc23)c2ccccc2OC12CCCOC2. The average molecular weight is 582 g/mol. The Morgan fingerprint density at radius 3 is 2.82 bits per heavy atom. The van der Waals surface area contributed by atoms with Crippen molar-refractivity contribution < 1.29 is 23.8 Å². The summed E-state index contributed by atoms with van der Waals surface area (Å²) >= 11 is 3.55. The van der Waals surface area contributed by atoms with Crippen molar-refractivity contribution in [2.24, 2.45) is 5.73 Å². The molecule has 1 spiro atoms. The van der Waals surface area contributed by atoms with E-state index in [0.717, 1.165) is 20.8 Å². The smallest absolute Gasteiger partial charge is 0.254 e. The van der Waals surface area contributed by atoms with Crippen molar-refractivity contribution >= 4 is 44.2 Å². The van der Waals surface area contributed by atoms with Crippen molar-refractivity contribution in [3.05, 3.63) is 64.6 Å². The fraction of sp³-hybridized carbons (Fsp3) is 0.379. The Kier molecular flexibility index (Phi) is 7.61. The van der Waals surface area contributed by atoms with E-state index in [1.54, 1.807) is 12.0 Å². The van der Waals surface area contributed by atoms with E-state index in [0.29, 0.717) is 43.1 Å². The van der Waals surface area contributed by atoms with E-state index in [2.05, 4.69) is 21.2 Å². The molecule has 38 heavy (non-hydrogen) atoms. The predicted molar refractivity (Wildman–Crippen MR) is 149 cm³/mol. The lowest BCUT2D eigenvalue weighted by atomic mass is 9.86. The molecule has 2 unspecified atom stereocenters. The largest absolute Gasteiger partial charge is 0.496 e. The van der Waals surface area contributed by atoms with Crippen LogP contribution in [0.4, 0.5) is 5.69 Å². The number of hydrogen-bond donors (Lipinski definition) is 2. The minimum absolute atomic E-state index is 0.179. The number of ether oxygens (including phenoxy) is 3. The average Bonchev–Trinajstić information content (AvgIpc) is 3.02. The van der Waals surface area contributed by atoms with E-state index in [1.807, 2.05) is 61.5 Å². The molecular formula is C29H32BrN3O5. The Hall–Kier alpha value is -3.14. The van der Waals surface area contributed by atoms with Crippen LogP contribution in [-0.4, -0.2) is 49.8 Å². The first-order chi connectivity index (χ1) is 18.4. The van der Waals surface area contributed by atoms with Crippen molar-refractivity contribution in [2.75, 3.05) is 25.2 Å². The molecule has 5 rings (SSSR count). The summed E-state index contributed by atoms with van der Waals surface area (Å²) in [4.78, 5) is 29.2. The molecule has 8 nitrogen and oxygen atoms in total. The molecule has 3 aromatic rings. The molecule has 0 bridgehead atoms. The summed E-state index contributed by atoms with van der Waals surface area (Å²) in [6.07, 6.45) is 1.70. The molecule has 200 valence electrons. The maximum atomic E-state index is 14.5. The molecule has 0 aromatic heterocycles. The molecule has 2 amide bonds. The zero-order valence-electron chi connectivity index (χ0n) is 21.5. The molecule has 0 saturated carbocycles. The summed E-state index contributed by atoms with van der Waals surface area (Å²) in [5, 5.41) is 4.92.